The van der Waals surface area contributed by atoms with Gasteiger partial charge in [-0.25, -0.2) is 0 Å². The zero-order valence-electron chi connectivity index (χ0n) is 16.6. The summed E-state index contributed by atoms with van der Waals surface area (Å²) in [5.74, 6) is -0.932. The molecule has 30 heavy (non-hydrogen) atoms. The molecule has 1 aliphatic rings. The van der Waals surface area contributed by atoms with Gasteiger partial charge >= 0.3 is 0 Å². The first kappa shape index (κ1) is 22.7. The summed E-state index contributed by atoms with van der Waals surface area (Å²) in [4.78, 5) is 28.8. The molecule has 0 aromatic heterocycles. The number of aryl methyl sites for hydroxylation is 1. The minimum Gasteiger partial charge on any atom is -0.505 e. The fourth-order valence-electron chi connectivity index (χ4n) is 3.33. The molecule has 9 heteroatoms. The number of phenolic OH excluding ortho intramolecular Hbond substituents is 1. The first-order valence-electron chi connectivity index (χ1n) is 9.43. The predicted molar refractivity (Wildman–Crippen MR) is 120 cm³/mol. The highest BCUT2D eigenvalue weighted by atomic mass is 35.5. The maximum Gasteiger partial charge on any atom is 0.259 e. The van der Waals surface area contributed by atoms with Gasteiger partial charge in [-0.3, -0.25) is 14.5 Å². The largest absolute Gasteiger partial charge is 0.505 e. The van der Waals surface area contributed by atoms with Crippen molar-refractivity contribution in [2.75, 3.05) is 38.0 Å². The van der Waals surface area contributed by atoms with Crippen LogP contribution in [0.1, 0.15) is 21.5 Å². The molecule has 1 saturated heterocycles. The van der Waals surface area contributed by atoms with E-state index in [0.717, 1.165) is 16.8 Å². The summed E-state index contributed by atoms with van der Waals surface area (Å²) >= 11 is 18.0. The van der Waals surface area contributed by atoms with Crippen molar-refractivity contribution in [2.24, 2.45) is 0 Å². The lowest BCUT2D eigenvalue weighted by Gasteiger charge is -2.34. The molecule has 0 saturated carbocycles. The number of hydrogen-bond acceptors (Lipinski definition) is 4. The Morgan fingerprint density at radius 3 is 2.40 bits per heavy atom. The van der Waals surface area contributed by atoms with E-state index in [-0.39, 0.29) is 38.8 Å². The van der Waals surface area contributed by atoms with E-state index in [9.17, 15) is 14.7 Å². The highest BCUT2D eigenvalue weighted by Crippen LogP contribution is 2.39. The summed E-state index contributed by atoms with van der Waals surface area (Å²) in [5, 5.41) is 13.2. The third-order valence-corrected chi connectivity index (χ3v) is 6.34. The summed E-state index contributed by atoms with van der Waals surface area (Å²) in [6.07, 6.45) is 0. The van der Waals surface area contributed by atoms with Crippen molar-refractivity contribution >= 4 is 52.3 Å². The lowest BCUT2D eigenvalue weighted by atomic mass is 10.1. The Bertz CT molecular complexity index is 963. The summed E-state index contributed by atoms with van der Waals surface area (Å²) in [6.45, 7) is 5.99. The van der Waals surface area contributed by atoms with Crippen molar-refractivity contribution in [1.82, 2.24) is 9.80 Å². The summed E-state index contributed by atoms with van der Waals surface area (Å²) in [7, 11) is 0. The Morgan fingerprint density at radius 1 is 1.07 bits per heavy atom. The van der Waals surface area contributed by atoms with Gasteiger partial charge in [0.05, 0.1) is 21.6 Å². The molecule has 6 nitrogen and oxygen atoms in total. The number of nitrogens with one attached hydrogen (secondary N) is 1. The van der Waals surface area contributed by atoms with E-state index in [1.54, 1.807) is 4.90 Å². The molecule has 0 aliphatic carbocycles. The van der Waals surface area contributed by atoms with Gasteiger partial charge in [-0.15, -0.1) is 0 Å². The minimum absolute atomic E-state index is 0.0288. The number of carbonyl (C=O) groups is 2. The third-order valence-electron chi connectivity index (χ3n) is 5.26. The average molecular weight is 471 g/mol. The second kappa shape index (κ2) is 9.43. The van der Waals surface area contributed by atoms with Gasteiger partial charge in [-0.05, 0) is 37.1 Å². The SMILES string of the molecule is Cc1cccc(NC(=O)CN2CCN(C(=O)c3c(O)c(Cl)cc(Cl)c3Cl)CC2)c1C. The van der Waals surface area contributed by atoms with Crippen LogP contribution in [0.5, 0.6) is 5.75 Å². The van der Waals surface area contributed by atoms with Gasteiger partial charge in [-0.2, -0.15) is 0 Å². The van der Waals surface area contributed by atoms with Crippen molar-refractivity contribution in [2.45, 2.75) is 13.8 Å². The van der Waals surface area contributed by atoms with E-state index in [2.05, 4.69) is 5.32 Å². The van der Waals surface area contributed by atoms with Gasteiger partial charge in [0, 0.05) is 31.9 Å². The van der Waals surface area contributed by atoms with Crippen LogP contribution in [-0.2, 0) is 4.79 Å². The van der Waals surface area contributed by atoms with Crippen LogP contribution in [0.3, 0.4) is 0 Å². The molecule has 2 amide bonds. The molecule has 2 N–H and O–H groups in total. The molecule has 2 aromatic rings. The smallest absolute Gasteiger partial charge is 0.259 e. The van der Waals surface area contributed by atoms with Crippen molar-refractivity contribution in [3.8, 4) is 5.75 Å². The molecule has 1 heterocycles. The number of carbonyl (C=O) groups excluding carboxylic acids is 2. The topological polar surface area (TPSA) is 72.9 Å². The molecular formula is C21H22Cl3N3O3. The Labute approximate surface area is 190 Å². The van der Waals surface area contributed by atoms with E-state index >= 15 is 0 Å². The highest BCUT2D eigenvalue weighted by Gasteiger charge is 2.28. The van der Waals surface area contributed by atoms with Crippen molar-refractivity contribution in [1.29, 1.82) is 0 Å². The highest BCUT2D eigenvalue weighted by molar-refractivity contribution is 6.45. The second-order valence-electron chi connectivity index (χ2n) is 7.24. The molecular weight excluding hydrogens is 449 g/mol. The second-order valence-corrected chi connectivity index (χ2v) is 8.43. The Hall–Kier alpha value is -1.99. The molecule has 1 aliphatic heterocycles. The first-order valence-corrected chi connectivity index (χ1v) is 10.6. The van der Waals surface area contributed by atoms with Gasteiger partial charge in [0.2, 0.25) is 5.91 Å². The van der Waals surface area contributed by atoms with Crippen LogP contribution < -0.4 is 5.32 Å². The molecule has 0 spiro atoms. The Morgan fingerprint density at radius 2 is 1.73 bits per heavy atom. The van der Waals surface area contributed by atoms with Crippen LogP contribution in [0.4, 0.5) is 5.69 Å². The number of hydrogen-bond donors (Lipinski definition) is 2. The average Bonchev–Trinajstić information content (AvgIpc) is 2.70. The van der Waals surface area contributed by atoms with E-state index in [1.807, 2.05) is 36.9 Å². The summed E-state index contributed by atoms with van der Waals surface area (Å²) in [6, 6.07) is 7.08. The van der Waals surface area contributed by atoms with Crippen LogP contribution in [0.2, 0.25) is 15.1 Å². The first-order chi connectivity index (χ1) is 14.2. The number of rotatable bonds is 4. The minimum atomic E-state index is -0.443. The number of amides is 2. The molecule has 160 valence electrons. The van der Waals surface area contributed by atoms with E-state index in [0.29, 0.717) is 26.2 Å². The van der Waals surface area contributed by atoms with Crippen LogP contribution in [0.25, 0.3) is 0 Å². The molecule has 0 unspecified atom stereocenters. The fourth-order valence-corrected chi connectivity index (χ4v) is 4.02. The lowest BCUT2D eigenvalue weighted by molar-refractivity contribution is -0.117. The van der Waals surface area contributed by atoms with Crippen molar-refractivity contribution in [3.05, 3.63) is 56.0 Å². The monoisotopic (exact) mass is 469 g/mol. The van der Waals surface area contributed by atoms with E-state index < -0.39 is 5.91 Å². The molecule has 3 rings (SSSR count). The van der Waals surface area contributed by atoms with Gasteiger partial charge in [0.1, 0.15) is 11.3 Å². The van der Waals surface area contributed by atoms with Gasteiger partial charge < -0.3 is 15.3 Å². The Kier molecular flexibility index (Phi) is 7.14. The number of halogens is 3. The summed E-state index contributed by atoms with van der Waals surface area (Å²) < 4.78 is 0. The van der Waals surface area contributed by atoms with Crippen LogP contribution in [0.15, 0.2) is 24.3 Å². The normalized spacial score (nSPS) is 14.6. The molecule has 0 bridgehead atoms. The van der Waals surface area contributed by atoms with Gasteiger partial charge in [-0.1, -0.05) is 46.9 Å². The number of benzene rings is 2. The quantitative estimate of drug-likeness (QED) is 0.651. The van der Waals surface area contributed by atoms with Crippen molar-refractivity contribution < 1.29 is 14.7 Å². The van der Waals surface area contributed by atoms with Crippen LogP contribution >= 0.6 is 34.8 Å². The molecule has 0 atom stereocenters. The van der Waals surface area contributed by atoms with Gasteiger partial charge in [0.25, 0.3) is 5.91 Å². The molecule has 0 radical (unpaired) electrons. The lowest BCUT2D eigenvalue weighted by Crippen LogP contribution is -2.50. The fraction of sp³-hybridized carbons (Fsp3) is 0.333. The molecule has 1 fully saturated rings. The summed E-state index contributed by atoms with van der Waals surface area (Å²) in [5.41, 5.74) is 2.85. The zero-order valence-corrected chi connectivity index (χ0v) is 18.9. The van der Waals surface area contributed by atoms with E-state index in [1.165, 1.54) is 6.07 Å². The standard InChI is InChI=1S/C21H22Cl3N3O3/c1-12-4-3-5-16(13(12)2)25-17(28)11-26-6-8-27(9-7-26)21(30)18-19(24)14(22)10-15(23)20(18)29/h3-5,10,29H,6-9,11H2,1-2H3,(H,25,28). The number of aromatic hydroxyl groups is 1. The van der Waals surface area contributed by atoms with Crippen molar-refractivity contribution in [3.63, 3.8) is 0 Å². The number of piperazine rings is 1. The Balaban J connectivity index is 1.59. The van der Waals surface area contributed by atoms with E-state index in [4.69, 9.17) is 34.8 Å². The maximum absolute atomic E-state index is 12.9. The third kappa shape index (κ3) is 4.83. The molecule has 2 aromatic carbocycles. The number of phenols is 1. The predicted octanol–water partition coefficient (Wildman–Crippen LogP) is 4.37. The van der Waals surface area contributed by atoms with Crippen LogP contribution in [0, 0.1) is 13.8 Å². The van der Waals surface area contributed by atoms with Crippen LogP contribution in [-0.4, -0.2) is 59.4 Å². The number of nitrogens with zero attached hydrogens (tertiary/aromatic N) is 2. The maximum atomic E-state index is 12.9. The number of anilines is 1. The zero-order chi connectivity index (χ0) is 22.0. The van der Waals surface area contributed by atoms with Gasteiger partial charge in [0.15, 0.2) is 0 Å².